The number of hydrogen-bond acceptors (Lipinski definition) is 3. The van der Waals surface area contributed by atoms with E-state index in [9.17, 15) is 5.26 Å². The molecule has 18 heavy (non-hydrogen) atoms. The number of para-hydroxylation sites is 1. The Kier molecular flexibility index (Phi) is 3.59. The Morgan fingerprint density at radius 3 is 2.50 bits per heavy atom. The Labute approximate surface area is 107 Å². The number of pyridine rings is 1. The van der Waals surface area contributed by atoms with Crippen molar-refractivity contribution in [2.75, 3.05) is 11.4 Å². The summed E-state index contributed by atoms with van der Waals surface area (Å²) in [6, 6.07) is 15.9. The van der Waals surface area contributed by atoms with E-state index in [0.29, 0.717) is 5.56 Å². The van der Waals surface area contributed by atoms with E-state index in [1.165, 1.54) is 0 Å². The summed E-state index contributed by atoms with van der Waals surface area (Å²) in [5.74, 6) is 0.728. The highest BCUT2D eigenvalue weighted by Crippen LogP contribution is 2.26. The number of aromatic nitrogens is 1. The summed E-state index contributed by atoms with van der Waals surface area (Å²) in [5.41, 5.74) is 2.57. The van der Waals surface area contributed by atoms with Crippen molar-refractivity contribution in [1.82, 2.24) is 4.98 Å². The standard InChI is InChI=1S/C15H15N3/c1-3-18(14-7-5-4-6-8-14)15-13(11-16)10-9-12(2)17-15/h4-10H,3H2,1-2H3. The van der Waals surface area contributed by atoms with Crippen LogP contribution in [0.4, 0.5) is 11.5 Å². The van der Waals surface area contributed by atoms with Crippen LogP contribution in [-0.2, 0) is 0 Å². The van der Waals surface area contributed by atoms with Crippen molar-refractivity contribution in [2.24, 2.45) is 0 Å². The third kappa shape index (κ3) is 2.33. The van der Waals surface area contributed by atoms with Gasteiger partial charge in [-0.3, -0.25) is 0 Å². The fourth-order valence-electron chi connectivity index (χ4n) is 1.90. The normalized spacial score (nSPS) is 9.83. The molecule has 1 aromatic carbocycles. The average Bonchev–Trinajstić information content (AvgIpc) is 2.41. The van der Waals surface area contributed by atoms with Crippen LogP contribution in [0.15, 0.2) is 42.5 Å². The van der Waals surface area contributed by atoms with Crippen LogP contribution in [0, 0.1) is 18.3 Å². The number of hydrogen-bond donors (Lipinski definition) is 0. The first kappa shape index (κ1) is 12.1. The van der Waals surface area contributed by atoms with Gasteiger partial charge in [-0.25, -0.2) is 4.98 Å². The predicted octanol–water partition coefficient (Wildman–Crippen LogP) is 3.42. The molecule has 3 nitrogen and oxygen atoms in total. The van der Waals surface area contributed by atoms with Crippen molar-refractivity contribution < 1.29 is 0 Å². The summed E-state index contributed by atoms with van der Waals surface area (Å²) in [6.07, 6.45) is 0. The Morgan fingerprint density at radius 1 is 1.17 bits per heavy atom. The van der Waals surface area contributed by atoms with Crippen molar-refractivity contribution in [3.8, 4) is 6.07 Å². The van der Waals surface area contributed by atoms with Gasteiger partial charge in [-0.1, -0.05) is 18.2 Å². The van der Waals surface area contributed by atoms with Gasteiger partial charge in [-0.15, -0.1) is 0 Å². The van der Waals surface area contributed by atoms with E-state index < -0.39 is 0 Å². The fourth-order valence-corrected chi connectivity index (χ4v) is 1.90. The van der Waals surface area contributed by atoms with Crippen molar-refractivity contribution in [3.05, 3.63) is 53.7 Å². The minimum absolute atomic E-state index is 0.603. The fraction of sp³-hybridized carbons (Fsp3) is 0.200. The van der Waals surface area contributed by atoms with Gasteiger partial charge in [0.2, 0.25) is 0 Å². The molecule has 0 amide bonds. The van der Waals surface area contributed by atoms with Crippen LogP contribution in [0.2, 0.25) is 0 Å². The smallest absolute Gasteiger partial charge is 0.151 e. The average molecular weight is 237 g/mol. The van der Waals surface area contributed by atoms with Gasteiger partial charge in [0.05, 0.1) is 5.56 Å². The van der Waals surface area contributed by atoms with E-state index in [1.807, 2.05) is 54.3 Å². The number of anilines is 2. The molecule has 2 aromatic rings. The summed E-state index contributed by atoms with van der Waals surface area (Å²) in [5, 5.41) is 9.18. The molecule has 2 rings (SSSR count). The first-order valence-electron chi connectivity index (χ1n) is 5.96. The molecule has 1 heterocycles. The lowest BCUT2D eigenvalue weighted by molar-refractivity contribution is 0.975. The van der Waals surface area contributed by atoms with Gasteiger partial charge in [-0.05, 0) is 38.1 Å². The summed E-state index contributed by atoms with van der Waals surface area (Å²) in [4.78, 5) is 6.54. The zero-order valence-corrected chi connectivity index (χ0v) is 10.6. The second-order valence-electron chi connectivity index (χ2n) is 4.02. The number of aryl methyl sites for hydroxylation is 1. The van der Waals surface area contributed by atoms with E-state index >= 15 is 0 Å². The van der Waals surface area contributed by atoms with Gasteiger partial charge in [-0.2, -0.15) is 5.26 Å². The Bertz CT molecular complexity index is 570. The van der Waals surface area contributed by atoms with Gasteiger partial charge in [0.1, 0.15) is 6.07 Å². The van der Waals surface area contributed by atoms with Crippen LogP contribution in [0.25, 0.3) is 0 Å². The van der Waals surface area contributed by atoms with E-state index in [-0.39, 0.29) is 0 Å². The van der Waals surface area contributed by atoms with Crippen LogP contribution >= 0.6 is 0 Å². The number of rotatable bonds is 3. The van der Waals surface area contributed by atoms with E-state index in [2.05, 4.69) is 18.0 Å². The maximum atomic E-state index is 9.18. The highest BCUT2D eigenvalue weighted by Gasteiger charge is 2.13. The van der Waals surface area contributed by atoms with E-state index in [4.69, 9.17) is 0 Å². The van der Waals surface area contributed by atoms with Gasteiger partial charge in [0, 0.05) is 17.9 Å². The molecule has 1 aromatic heterocycles. The third-order valence-electron chi connectivity index (χ3n) is 2.77. The minimum Gasteiger partial charge on any atom is -0.326 e. The number of nitriles is 1. The van der Waals surface area contributed by atoms with Gasteiger partial charge in [0.25, 0.3) is 0 Å². The Morgan fingerprint density at radius 2 is 1.89 bits per heavy atom. The zero-order valence-electron chi connectivity index (χ0n) is 10.6. The lowest BCUT2D eigenvalue weighted by atomic mass is 10.2. The molecule has 3 heteroatoms. The quantitative estimate of drug-likeness (QED) is 0.821. The Balaban J connectivity index is 2.52. The highest BCUT2D eigenvalue weighted by molar-refractivity contribution is 5.65. The van der Waals surface area contributed by atoms with Crippen LogP contribution in [0.5, 0.6) is 0 Å². The molecule has 0 bridgehead atoms. The number of nitrogens with zero attached hydrogens (tertiary/aromatic N) is 3. The second-order valence-corrected chi connectivity index (χ2v) is 4.02. The van der Waals surface area contributed by atoms with Crippen LogP contribution in [-0.4, -0.2) is 11.5 Å². The molecule has 0 aliphatic rings. The molecule has 0 atom stereocenters. The SMILES string of the molecule is CCN(c1ccccc1)c1nc(C)ccc1C#N. The number of benzene rings is 1. The molecular formula is C15H15N3. The molecule has 0 spiro atoms. The lowest BCUT2D eigenvalue weighted by Crippen LogP contribution is -2.18. The maximum absolute atomic E-state index is 9.18. The first-order chi connectivity index (χ1) is 8.76. The maximum Gasteiger partial charge on any atom is 0.151 e. The van der Waals surface area contributed by atoms with Crippen molar-refractivity contribution in [1.29, 1.82) is 5.26 Å². The topological polar surface area (TPSA) is 39.9 Å². The van der Waals surface area contributed by atoms with Crippen molar-refractivity contribution in [3.63, 3.8) is 0 Å². The molecule has 0 N–H and O–H groups in total. The second kappa shape index (κ2) is 5.33. The predicted molar refractivity (Wildman–Crippen MR) is 72.8 cm³/mol. The Hall–Kier alpha value is -2.34. The summed E-state index contributed by atoms with van der Waals surface area (Å²) in [6.45, 7) is 4.76. The molecule has 0 saturated heterocycles. The monoisotopic (exact) mass is 237 g/mol. The molecule has 0 fully saturated rings. The zero-order chi connectivity index (χ0) is 13.0. The van der Waals surface area contributed by atoms with Crippen LogP contribution < -0.4 is 4.90 Å². The van der Waals surface area contributed by atoms with Crippen molar-refractivity contribution in [2.45, 2.75) is 13.8 Å². The first-order valence-corrected chi connectivity index (χ1v) is 5.96. The van der Waals surface area contributed by atoms with Crippen LogP contribution in [0.3, 0.4) is 0 Å². The van der Waals surface area contributed by atoms with E-state index in [0.717, 1.165) is 23.7 Å². The summed E-state index contributed by atoms with van der Waals surface area (Å²) >= 11 is 0. The molecule has 0 aliphatic carbocycles. The lowest BCUT2D eigenvalue weighted by Gasteiger charge is -2.23. The largest absolute Gasteiger partial charge is 0.326 e. The molecule has 0 unspecified atom stereocenters. The van der Waals surface area contributed by atoms with Gasteiger partial charge < -0.3 is 4.90 Å². The molecule has 0 radical (unpaired) electrons. The van der Waals surface area contributed by atoms with Gasteiger partial charge >= 0.3 is 0 Å². The highest BCUT2D eigenvalue weighted by atomic mass is 15.2. The minimum atomic E-state index is 0.603. The molecular weight excluding hydrogens is 222 g/mol. The van der Waals surface area contributed by atoms with Gasteiger partial charge in [0.15, 0.2) is 5.82 Å². The van der Waals surface area contributed by atoms with E-state index in [1.54, 1.807) is 0 Å². The summed E-state index contributed by atoms with van der Waals surface area (Å²) in [7, 11) is 0. The third-order valence-corrected chi connectivity index (χ3v) is 2.77. The summed E-state index contributed by atoms with van der Waals surface area (Å²) < 4.78 is 0. The molecule has 0 aliphatic heterocycles. The van der Waals surface area contributed by atoms with Crippen LogP contribution in [0.1, 0.15) is 18.2 Å². The molecule has 90 valence electrons. The molecule has 0 saturated carbocycles. The van der Waals surface area contributed by atoms with Crippen molar-refractivity contribution >= 4 is 11.5 Å².